The molecule has 0 bridgehead atoms. The lowest BCUT2D eigenvalue weighted by Crippen LogP contribution is -2.45. The number of aliphatic hydroxyl groups is 1. The maximum atomic E-state index is 13.1. The Labute approximate surface area is 129 Å². The molecular weight excluding hydrogens is 292 g/mol. The van der Waals surface area contributed by atoms with Gasteiger partial charge in [-0.3, -0.25) is 0 Å². The van der Waals surface area contributed by atoms with Gasteiger partial charge in [0.15, 0.2) is 11.6 Å². The van der Waals surface area contributed by atoms with E-state index in [1.165, 1.54) is 6.07 Å². The van der Waals surface area contributed by atoms with Crippen LogP contribution in [0.4, 0.5) is 8.78 Å². The van der Waals surface area contributed by atoms with Gasteiger partial charge in [-0.15, -0.1) is 0 Å². The second kappa shape index (κ2) is 7.85. The molecule has 1 aliphatic heterocycles. The van der Waals surface area contributed by atoms with E-state index < -0.39 is 11.6 Å². The van der Waals surface area contributed by atoms with Crippen molar-refractivity contribution in [3.63, 3.8) is 0 Å². The Balaban J connectivity index is 1.77. The number of aliphatic hydroxyl groups excluding tert-OH is 1. The molecule has 1 unspecified atom stereocenters. The largest absolute Gasteiger partial charge is 0.492 e. The Bertz CT molecular complexity index is 478. The highest BCUT2D eigenvalue weighted by Gasteiger charge is 2.32. The molecule has 22 heavy (non-hydrogen) atoms. The van der Waals surface area contributed by atoms with Gasteiger partial charge in [0.1, 0.15) is 12.4 Å². The molecule has 2 rings (SSSR count). The number of rotatable bonds is 7. The first-order valence-electron chi connectivity index (χ1n) is 7.54. The highest BCUT2D eigenvalue weighted by Crippen LogP contribution is 2.29. The Morgan fingerprint density at radius 2 is 2.05 bits per heavy atom. The van der Waals surface area contributed by atoms with Crippen LogP contribution in [-0.2, 0) is 4.74 Å². The topological polar surface area (TPSA) is 50.7 Å². The van der Waals surface area contributed by atoms with Gasteiger partial charge in [0.05, 0.1) is 6.61 Å². The molecule has 1 aliphatic rings. The van der Waals surface area contributed by atoms with Crippen molar-refractivity contribution in [2.45, 2.75) is 25.8 Å². The highest BCUT2D eigenvalue weighted by atomic mass is 19.2. The fraction of sp³-hybridized carbons (Fsp3) is 0.625. The molecule has 1 saturated heterocycles. The van der Waals surface area contributed by atoms with Crippen LogP contribution >= 0.6 is 0 Å². The van der Waals surface area contributed by atoms with Crippen molar-refractivity contribution >= 4 is 0 Å². The summed E-state index contributed by atoms with van der Waals surface area (Å²) in [7, 11) is 0. The zero-order chi connectivity index (χ0) is 16.0. The summed E-state index contributed by atoms with van der Waals surface area (Å²) in [6.07, 6.45) is 1.65. The number of hydrogen-bond acceptors (Lipinski definition) is 4. The van der Waals surface area contributed by atoms with Gasteiger partial charge in [-0.2, -0.15) is 0 Å². The SMILES string of the molecule is CC(COc1ccc(F)c(F)c1)NCC1(CO)CCOCC1. The van der Waals surface area contributed by atoms with Crippen molar-refractivity contribution in [3.05, 3.63) is 29.8 Å². The third-order valence-electron chi connectivity index (χ3n) is 4.11. The summed E-state index contributed by atoms with van der Waals surface area (Å²) in [6, 6.07) is 3.51. The quantitative estimate of drug-likeness (QED) is 0.809. The summed E-state index contributed by atoms with van der Waals surface area (Å²) >= 11 is 0. The lowest BCUT2D eigenvalue weighted by atomic mass is 9.81. The minimum Gasteiger partial charge on any atom is -0.492 e. The smallest absolute Gasteiger partial charge is 0.162 e. The van der Waals surface area contributed by atoms with Crippen molar-refractivity contribution in [3.8, 4) is 5.75 Å². The summed E-state index contributed by atoms with van der Waals surface area (Å²) in [5.41, 5.74) is -0.144. The van der Waals surface area contributed by atoms with Gasteiger partial charge in [-0.05, 0) is 31.9 Å². The van der Waals surface area contributed by atoms with Crippen LogP contribution < -0.4 is 10.1 Å². The summed E-state index contributed by atoms with van der Waals surface area (Å²) < 4.78 is 36.7. The van der Waals surface area contributed by atoms with E-state index in [-0.39, 0.29) is 18.1 Å². The summed E-state index contributed by atoms with van der Waals surface area (Å²) in [5, 5.41) is 12.9. The van der Waals surface area contributed by atoms with Crippen LogP contribution in [0.2, 0.25) is 0 Å². The van der Waals surface area contributed by atoms with Crippen LogP contribution in [0.1, 0.15) is 19.8 Å². The van der Waals surface area contributed by atoms with E-state index in [1.54, 1.807) is 0 Å². The maximum absolute atomic E-state index is 13.1. The minimum absolute atomic E-state index is 0.0272. The number of halogens is 2. The zero-order valence-electron chi connectivity index (χ0n) is 12.8. The Morgan fingerprint density at radius 3 is 2.68 bits per heavy atom. The van der Waals surface area contributed by atoms with Crippen molar-refractivity contribution in [2.75, 3.05) is 33.0 Å². The van der Waals surface area contributed by atoms with Crippen LogP contribution in [0.5, 0.6) is 5.75 Å². The fourth-order valence-corrected chi connectivity index (χ4v) is 2.43. The van der Waals surface area contributed by atoms with Crippen molar-refractivity contribution in [1.82, 2.24) is 5.32 Å². The van der Waals surface area contributed by atoms with Crippen LogP contribution in [-0.4, -0.2) is 44.1 Å². The predicted octanol–water partition coefficient (Wildman–Crippen LogP) is 2.11. The Hall–Kier alpha value is -1.24. The monoisotopic (exact) mass is 315 g/mol. The molecule has 1 fully saturated rings. The number of benzene rings is 1. The molecule has 4 nitrogen and oxygen atoms in total. The Morgan fingerprint density at radius 1 is 1.32 bits per heavy atom. The second-order valence-electron chi connectivity index (χ2n) is 5.94. The molecule has 0 amide bonds. The average molecular weight is 315 g/mol. The van der Waals surface area contributed by atoms with E-state index in [0.717, 1.165) is 25.0 Å². The highest BCUT2D eigenvalue weighted by molar-refractivity contribution is 5.23. The van der Waals surface area contributed by atoms with Gasteiger partial charge in [-0.1, -0.05) is 0 Å². The standard InChI is InChI=1S/C16H23F2NO3/c1-12(9-22-13-2-3-14(17)15(18)8-13)19-10-16(11-20)4-6-21-7-5-16/h2-3,8,12,19-20H,4-7,9-11H2,1H3. The molecule has 0 radical (unpaired) electrons. The molecule has 2 N–H and O–H groups in total. The molecule has 0 aliphatic carbocycles. The van der Waals surface area contributed by atoms with E-state index in [0.29, 0.717) is 32.1 Å². The molecule has 124 valence electrons. The van der Waals surface area contributed by atoms with Gasteiger partial charge in [0, 0.05) is 37.3 Å². The third-order valence-corrected chi connectivity index (χ3v) is 4.11. The lowest BCUT2D eigenvalue weighted by Gasteiger charge is -2.36. The fourth-order valence-electron chi connectivity index (χ4n) is 2.43. The predicted molar refractivity (Wildman–Crippen MR) is 78.9 cm³/mol. The normalized spacial score (nSPS) is 18.9. The van der Waals surface area contributed by atoms with E-state index in [4.69, 9.17) is 9.47 Å². The van der Waals surface area contributed by atoms with Crippen LogP contribution in [0.3, 0.4) is 0 Å². The van der Waals surface area contributed by atoms with Crippen molar-refractivity contribution in [1.29, 1.82) is 0 Å². The first-order chi connectivity index (χ1) is 10.5. The first-order valence-corrected chi connectivity index (χ1v) is 7.54. The average Bonchev–Trinajstić information content (AvgIpc) is 2.55. The zero-order valence-corrected chi connectivity index (χ0v) is 12.8. The van der Waals surface area contributed by atoms with Gasteiger partial charge in [0.25, 0.3) is 0 Å². The van der Waals surface area contributed by atoms with E-state index in [2.05, 4.69) is 5.32 Å². The number of nitrogens with one attached hydrogen (secondary N) is 1. The second-order valence-corrected chi connectivity index (χ2v) is 5.94. The van der Waals surface area contributed by atoms with E-state index in [1.807, 2.05) is 6.92 Å². The molecule has 1 aromatic rings. The number of ether oxygens (including phenoxy) is 2. The molecule has 1 aromatic carbocycles. The minimum atomic E-state index is -0.917. The summed E-state index contributed by atoms with van der Waals surface area (Å²) in [5.74, 6) is -1.50. The van der Waals surface area contributed by atoms with E-state index >= 15 is 0 Å². The molecule has 6 heteroatoms. The maximum Gasteiger partial charge on any atom is 0.162 e. The van der Waals surface area contributed by atoms with Crippen molar-refractivity contribution in [2.24, 2.45) is 5.41 Å². The van der Waals surface area contributed by atoms with Gasteiger partial charge >= 0.3 is 0 Å². The molecule has 0 spiro atoms. The third kappa shape index (κ3) is 4.63. The lowest BCUT2D eigenvalue weighted by molar-refractivity contribution is -0.0168. The van der Waals surface area contributed by atoms with E-state index in [9.17, 15) is 13.9 Å². The molecular formula is C16H23F2NO3. The first kappa shape index (κ1) is 17.1. The van der Waals surface area contributed by atoms with Crippen LogP contribution in [0, 0.1) is 17.0 Å². The van der Waals surface area contributed by atoms with Gasteiger partial charge < -0.3 is 19.9 Å². The summed E-state index contributed by atoms with van der Waals surface area (Å²) in [4.78, 5) is 0. The van der Waals surface area contributed by atoms with Crippen LogP contribution in [0.25, 0.3) is 0 Å². The van der Waals surface area contributed by atoms with Gasteiger partial charge in [-0.25, -0.2) is 8.78 Å². The van der Waals surface area contributed by atoms with Gasteiger partial charge in [0.2, 0.25) is 0 Å². The number of hydrogen-bond donors (Lipinski definition) is 2. The molecule has 0 aromatic heterocycles. The summed E-state index contributed by atoms with van der Waals surface area (Å²) in [6.45, 7) is 4.42. The molecule has 0 saturated carbocycles. The van der Waals surface area contributed by atoms with Crippen LogP contribution in [0.15, 0.2) is 18.2 Å². The molecule has 1 heterocycles. The Kier molecular flexibility index (Phi) is 6.11. The molecule has 1 atom stereocenters. The van der Waals surface area contributed by atoms with Crippen molar-refractivity contribution < 1.29 is 23.4 Å².